The minimum Gasteiger partial charge on any atom is -0.417 e. The first kappa shape index (κ1) is 20.8. The van der Waals surface area contributed by atoms with Crippen LogP contribution in [0.2, 0.25) is 10.0 Å². The third-order valence-electron chi connectivity index (χ3n) is 4.49. The molecule has 0 fully saturated rings. The van der Waals surface area contributed by atoms with E-state index in [1.807, 2.05) is 24.3 Å². The second-order valence-electron chi connectivity index (χ2n) is 6.75. The van der Waals surface area contributed by atoms with E-state index >= 15 is 0 Å². The summed E-state index contributed by atoms with van der Waals surface area (Å²) in [7, 11) is 0. The van der Waals surface area contributed by atoms with Crippen LogP contribution in [0.3, 0.4) is 0 Å². The van der Waals surface area contributed by atoms with E-state index in [-0.39, 0.29) is 24.0 Å². The van der Waals surface area contributed by atoms with Crippen molar-refractivity contribution in [3.8, 4) is 0 Å². The Labute approximate surface area is 186 Å². The molecule has 31 heavy (non-hydrogen) atoms. The Morgan fingerprint density at radius 2 is 1.94 bits per heavy atom. The molecule has 0 radical (unpaired) electrons. The number of halogens is 2. The number of rotatable bonds is 6. The zero-order valence-electron chi connectivity index (χ0n) is 16.0. The fraction of sp³-hybridized carbons (Fsp3) is 0.0952. The summed E-state index contributed by atoms with van der Waals surface area (Å²) in [5.74, 6) is -0.486. The van der Waals surface area contributed by atoms with Gasteiger partial charge in [-0.2, -0.15) is 0 Å². The lowest BCUT2D eigenvalue weighted by Gasteiger charge is -2.08. The number of benzene rings is 2. The first-order valence-corrected chi connectivity index (χ1v) is 9.92. The number of nitrogen functional groups attached to an aromatic ring is 1. The summed E-state index contributed by atoms with van der Waals surface area (Å²) < 4.78 is 5.47. The zero-order valence-corrected chi connectivity index (χ0v) is 17.5. The van der Waals surface area contributed by atoms with Crippen LogP contribution in [0.15, 0.2) is 53.1 Å². The monoisotopic (exact) mass is 454 g/mol. The van der Waals surface area contributed by atoms with E-state index in [0.29, 0.717) is 27.7 Å². The average Bonchev–Trinajstić information content (AvgIpc) is 3.21. The Kier molecular flexibility index (Phi) is 5.83. The van der Waals surface area contributed by atoms with Crippen LogP contribution in [0.1, 0.15) is 27.7 Å². The Morgan fingerprint density at radius 3 is 2.77 bits per heavy atom. The smallest absolute Gasteiger partial charge is 0.309 e. The highest BCUT2D eigenvalue weighted by atomic mass is 35.5. The summed E-state index contributed by atoms with van der Waals surface area (Å²) in [6.07, 6.45) is 1.94. The second kappa shape index (κ2) is 8.71. The maximum atomic E-state index is 12.3. The predicted molar refractivity (Wildman–Crippen MR) is 119 cm³/mol. The summed E-state index contributed by atoms with van der Waals surface area (Å²) in [5, 5.41) is 20.3. The number of nitrogens with one attached hydrogen (secondary N) is 2. The summed E-state index contributed by atoms with van der Waals surface area (Å²) in [4.78, 5) is 16.6. The fourth-order valence-corrected chi connectivity index (χ4v) is 3.32. The molecule has 2 aromatic heterocycles. The van der Waals surface area contributed by atoms with E-state index in [0.717, 1.165) is 16.5 Å². The van der Waals surface area contributed by atoms with E-state index in [4.69, 9.17) is 38.8 Å². The number of anilines is 1. The number of amides is 1. The molecule has 0 atom stereocenters. The molecule has 2 aromatic carbocycles. The van der Waals surface area contributed by atoms with Gasteiger partial charge in [0, 0.05) is 27.9 Å². The average molecular weight is 455 g/mol. The topological polar surface area (TPSA) is 131 Å². The Balaban J connectivity index is 1.40. The van der Waals surface area contributed by atoms with Gasteiger partial charge in [0.15, 0.2) is 0 Å². The lowest BCUT2D eigenvalue weighted by molar-refractivity contribution is 0.0923. The van der Waals surface area contributed by atoms with Crippen LogP contribution in [0, 0.1) is 5.41 Å². The normalized spacial score (nSPS) is 10.9. The molecule has 4 aromatic rings. The molecule has 4 N–H and O–H groups in total. The molecule has 0 unspecified atom stereocenters. The van der Waals surface area contributed by atoms with Gasteiger partial charge in [-0.15, -0.1) is 10.2 Å². The van der Waals surface area contributed by atoms with Gasteiger partial charge in [-0.1, -0.05) is 29.3 Å². The number of fused-ring (bicyclic) bond motifs is 1. The number of hydrogen-bond acceptors (Lipinski definition) is 7. The Morgan fingerprint density at radius 1 is 1.10 bits per heavy atom. The maximum absolute atomic E-state index is 12.3. The van der Waals surface area contributed by atoms with E-state index in [1.54, 1.807) is 24.4 Å². The van der Waals surface area contributed by atoms with Crippen molar-refractivity contribution in [3.05, 3.63) is 81.6 Å². The highest BCUT2D eigenvalue weighted by Gasteiger charge is 2.16. The number of hydrogen-bond donors (Lipinski definition) is 3. The highest BCUT2D eigenvalue weighted by Crippen LogP contribution is 2.20. The van der Waals surface area contributed by atoms with E-state index in [1.165, 1.54) is 0 Å². The van der Waals surface area contributed by atoms with Gasteiger partial charge < -0.3 is 20.9 Å². The van der Waals surface area contributed by atoms with Gasteiger partial charge in [-0.25, -0.2) is 0 Å². The van der Waals surface area contributed by atoms with Gasteiger partial charge in [0.25, 0.3) is 0 Å². The van der Waals surface area contributed by atoms with E-state index in [2.05, 4.69) is 20.5 Å². The van der Waals surface area contributed by atoms with Crippen LogP contribution >= 0.6 is 23.2 Å². The van der Waals surface area contributed by atoms with Crippen LogP contribution in [-0.2, 0) is 6.42 Å². The number of nitrogens with two attached hydrogens (primary N) is 1. The lowest BCUT2D eigenvalue weighted by Crippen LogP contribution is -2.30. The number of nitrogens with zero attached hydrogens (tertiary/aromatic N) is 3. The molecule has 1 amide bonds. The molecule has 0 aliphatic rings. The summed E-state index contributed by atoms with van der Waals surface area (Å²) in [6.45, 7) is -0.0699. The zero-order chi connectivity index (χ0) is 22.0. The van der Waals surface area contributed by atoms with Crippen molar-refractivity contribution >= 4 is 51.4 Å². The Hall–Kier alpha value is -3.49. The second-order valence-corrected chi connectivity index (χ2v) is 7.62. The minimum absolute atomic E-state index is 0.0699. The molecule has 10 heteroatoms. The van der Waals surface area contributed by atoms with Crippen molar-refractivity contribution in [1.29, 1.82) is 5.41 Å². The molecule has 4 rings (SSSR count). The SMILES string of the molecule is N=C(CNC(=O)c1nnc(Cc2ccc3ncc(Cl)cc3c2)o1)c1cc(Cl)ccc1N. The Bertz CT molecular complexity index is 1300. The largest absolute Gasteiger partial charge is 0.417 e. The third kappa shape index (κ3) is 4.82. The van der Waals surface area contributed by atoms with Crippen LogP contribution < -0.4 is 11.1 Å². The van der Waals surface area contributed by atoms with Crippen LogP contribution in [-0.4, -0.2) is 33.3 Å². The van der Waals surface area contributed by atoms with Crippen molar-refractivity contribution in [1.82, 2.24) is 20.5 Å². The number of aromatic nitrogens is 3. The van der Waals surface area contributed by atoms with Gasteiger partial charge in [0.2, 0.25) is 5.89 Å². The maximum Gasteiger partial charge on any atom is 0.309 e. The molecule has 8 nitrogen and oxygen atoms in total. The predicted octanol–water partition coefficient (Wildman–Crippen LogP) is 3.90. The summed E-state index contributed by atoms with van der Waals surface area (Å²) in [6, 6.07) is 12.3. The molecule has 156 valence electrons. The fourth-order valence-electron chi connectivity index (χ4n) is 2.98. The molecule has 0 aliphatic heterocycles. The van der Waals surface area contributed by atoms with Gasteiger partial charge >= 0.3 is 11.8 Å². The molecule has 0 spiro atoms. The molecule has 0 bridgehead atoms. The molecule has 0 aliphatic carbocycles. The lowest BCUT2D eigenvalue weighted by atomic mass is 10.1. The molecule has 0 saturated carbocycles. The first-order valence-electron chi connectivity index (χ1n) is 9.16. The van der Waals surface area contributed by atoms with Crippen molar-refractivity contribution in [2.45, 2.75) is 6.42 Å². The highest BCUT2D eigenvalue weighted by molar-refractivity contribution is 6.31. The third-order valence-corrected chi connectivity index (χ3v) is 4.94. The number of pyridine rings is 1. The standard InChI is InChI=1S/C21H16Cl2N6O2/c22-13-2-3-16(24)15(8-13)17(25)10-27-20(30)21-29-28-19(31-21)6-11-1-4-18-12(5-11)7-14(23)9-26-18/h1-5,7-9,25H,6,10,24H2,(H,27,30). The summed E-state index contributed by atoms with van der Waals surface area (Å²) in [5.41, 5.74) is 8.55. The first-order chi connectivity index (χ1) is 14.9. The molecule has 0 saturated heterocycles. The minimum atomic E-state index is -0.585. The van der Waals surface area contributed by atoms with Crippen molar-refractivity contribution in [2.75, 3.05) is 12.3 Å². The van der Waals surface area contributed by atoms with Crippen LogP contribution in [0.25, 0.3) is 10.9 Å². The van der Waals surface area contributed by atoms with Gasteiger partial charge in [0.1, 0.15) is 0 Å². The van der Waals surface area contributed by atoms with Crippen molar-refractivity contribution in [2.24, 2.45) is 0 Å². The van der Waals surface area contributed by atoms with Gasteiger partial charge in [-0.3, -0.25) is 9.78 Å². The van der Waals surface area contributed by atoms with Gasteiger partial charge in [0.05, 0.1) is 29.2 Å². The summed E-state index contributed by atoms with van der Waals surface area (Å²) >= 11 is 11.9. The van der Waals surface area contributed by atoms with Crippen LogP contribution in [0.4, 0.5) is 5.69 Å². The molecular weight excluding hydrogens is 439 g/mol. The van der Waals surface area contributed by atoms with Crippen LogP contribution in [0.5, 0.6) is 0 Å². The van der Waals surface area contributed by atoms with Crippen molar-refractivity contribution < 1.29 is 9.21 Å². The number of carbonyl (C=O) groups excluding carboxylic acids is 1. The molecular formula is C21H16Cl2N6O2. The number of carbonyl (C=O) groups is 1. The molecule has 2 heterocycles. The van der Waals surface area contributed by atoms with Gasteiger partial charge in [-0.05, 0) is 42.0 Å². The van der Waals surface area contributed by atoms with E-state index < -0.39 is 5.91 Å². The van der Waals surface area contributed by atoms with Crippen molar-refractivity contribution in [3.63, 3.8) is 0 Å². The van der Waals surface area contributed by atoms with E-state index in [9.17, 15) is 4.79 Å². The quantitative estimate of drug-likeness (QED) is 0.299.